The molecule has 0 radical (unpaired) electrons. The average Bonchev–Trinajstić information content (AvgIpc) is 2.97. The van der Waals surface area contributed by atoms with Gasteiger partial charge in [-0.25, -0.2) is 0 Å². The topological polar surface area (TPSA) is 78.7 Å². The first-order valence-corrected chi connectivity index (χ1v) is 8.73. The van der Waals surface area contributed by atoms with Gasteiger partial charge in [-0.05, 0) is 26.4 Å². The summed E-state index contributed by atoms with van der Waals surface area (Å²) in [5, 5.41) is 6.41. The van der Waals surface area contributed by atoms with Crippen LogP contribution >= 0.6 is 0 Å². The molecule has 1 rings (SSSR count). The minimum absolute atomic E-state index is 0.0236. The fraction of sp³-hybridized carbons (Fsp3) is 0.706. The van der Waals surface area contributed by atoms with E-state index in [0.29, 0.717) is 24.5 Å². The Morgan fingerprint density at radius 3 is 2.46 bits per heavy atom. The van der Waals surface area contributed by atoms with Crippen molar-refractivity contribution < 1.29 is 14.1 Å². The number of unbranched alkanes of at least 4 members (excludes halogenated alkanes) is 1. The molecule has 1 aromatic heterocycles. The Kier molecular flexibility index (Phi) is 9.07. The van der Waals surface area contributed by atoms with Crippen LogP contribution in [-0.2, 0) is 9.59 Å². The van der Waals surface area contributed by atoms with Gasteiger partial charge >= 0.3 is 0 Å². The molecule has 0 aliphatic carbocycles. The number of rotatable bonds is 11. The molecule has 136 valence electrons. The number of nitrogens with zero attached hydrogens (tertiary/aromatic N) is 3. The van der Waals surface area contributed by atoms with Gasteiger partial charge in [0, 0.05) is 25.6 Å². The first kappa shape index (κ1) is 20.2. The number of hydrogen-bond acceptors (Lipinski definition) is 5. The molecule has 0 unspecified atom stereocenters. The second kappa shape index (κ2) is 10.8. The van der Waals surface area contributed by atoms with E-state index >= 15 is 0 Å². The lowest BCUT2D eigenvalue weighted by molar-refractivity contribution is -0.135. The van der Waals surface area contributed by atoms with Crippen molar-refractivity contribution >= 4 is 17.6 Å². The summed E-state index contributed by atoms with van der Waals surface area (Å²) < 4.78 is 4.93. The maximum absolute atomic E-state index is 12.4. The van der Waals surface area contributed by atoms with Crippen LogP contribution < -0.4 is 5.32 Å². The fourth-order valence-electron chi connectivity index (χ4n) is 2.36. The van der Waals surface area contributed by atoms with E-state index in [1.54, 1.807) is 17.9 Å². The Morgan fingerprint density at radius 2 is 1.92 bits per heavy atom. The lowest BCUT2D eigenvalue weighted by Gasteiger charge is -2.26. The van der Waals surface area contributed by atoms with Crippen molar-refractivity contribution in [1.82, 2.24) is 15.0 Å². The third-order valence-corrected chi connectivity index (χ3v) is 3.91. The molecular weight excluding hydrogens is 308 g/mol. The van der Waals surface area contributed by atoms with Crippen molar-refractivity contribution in [3.8, 4) is 0 Å². The number of nitrogens with one attached hydrogen (secondary N) is 1. The van der Waals surface area contributed by atoms with Gasteiger partial charge < -0.3 is 19.6 Å². The maximum atomic E-state index is 12.4. The third-order valence-electron chi connectivity index (χ3n) is 3.91. The number of hydrogen-bond donors (Lipinski definition) is 1. The summed E-state index contributed by atoms with van der Waals surface area (Å²) in [5.41, 5.74) is 0. The number of carbonyl (C=O) groups excluding carboxylic acids is 2. The zero-order valence-electron chi connectivity index (χ0n) is 15.3. The molecule has 0 fully saturated rings. The van der Waals surface area contributed by atoms with Gasteiger partial charge in [0.05, 0.1) is 6.54 Å². The molecular formula is C17H30N4O3. The van der Waals surface area contributed by atoms with E-state index in [2.05, 4.69) is 29.2 Å². The quantitative estimate of drug-likeness (QED) is 0.670. The van der Waals surface area contributed by atoms with Gasteiger partial charge in [-0.15, -0.1) is 0 Å². The lowest BCUT2D eigenvalue weighted by atomic mass is 10.2. The molecule has 7 nitrogen and oxygen atoms in total. The summed E-state index contributed by atoms with van der Waals surface area (Å²) in [4.78, 5) is 28.4. The average molecular weight is 338 g/mol. The van der Waals surface area contributed by atoms with Gasteiger partial charge in [-0.3, -0.25) is 9.59 Å². The molecule has 0 aliphatic heterocycles. The summed E-state index contributed by atoms with van der Waals surface area (Å²) in [6.07, 6.45) is 2.27. The summed E-state index contributed by atoms with van der Waals surface area (Å²) in [6.45, 7) is 11.2. The molecule has 1 N–H and O–H groups in total. The maximum Gasteiger partial charge on any atom is 0.245 e. The number of aryl methyl sites for hydroxylation is 1. The van der Waals surface area contributed by atoms with Gasteiger partial charge in [0.1, 0.15) is 5.76 Å². The van der Waals surface area contributed by atoms with E-state index < -0.39 is 0 Å². The van der Waals surface area contributed by atoms with Crippen molar-refractivity contribution in [2.45, 2.75) is 47.0 Å². The van der Waals surface area contributed by atoms with Crippen LogP contribution in [0.1, 0.15) is 45.8 Å². The Balaban J connectivity index is 2.61. The Morgan fingerprint density at radius 1 is 1.21 bits per heavy atom. The van der Waals surface area contributed by atoms with Gasteiger partial charge in [-0.2, -0.15) is 0 Å². The van der Waals surface area contributed by atoms with Crippen LogP contribution in [0.4, 0.5) is 5.82 Å². The molecule has 1 heterocycles. The number of likely N-dealkylation sites (N-methyl/N-ethyl adjacent to an activating group) is 1. The molecule has 24 heavy (non-hydrogen) atoms. The largest absolute Gasteiger partial charge is 0.360 e. The van der Waals surface area contributed by atoms with Crippen molar-refractivity contribution in [1.29, 1.82) is 0 Å². The van der Waals surface area contributed by atoms with Gasteiger partial charge in [0.25, 0.3) is 0 Å². The zero-order chi connectivity index (χ0) is 17.9. The molecule has 0 spiro atoms. The summed E-state index contributed by atoms with van der Waals surface area (Å²) in [7, 11) is 0. The highest BCUT2D eigenvalue weighted by molar-refractivity contribution is 5.93. The highest BCUT2D eigenvalue weighted by Crippen LogP contribution is 2.08. The summed E-state index contributed by atoms with van der Waals surface area (Å²) in [5.74, 6) is 0.771. The highest BCUT2D eigenvalue weighted by Gasteiger charge is 2.18. The van der Waals surface area contributed by atoms with Gasteiger partial charge in [-0.1, -0.05) is 32.3 Å². The van der Waals surface area contributed by atoms with Gasteiger partial charge in [0.15, 0.2) is 5.82 Å². The highest BCUT2D eigenvalue weighted by atomic mass is 16.5. The van der Waals surface area contributed by atoms with Crippen LogP contribution in [0.25, 0.3) is 0 Å². The predicted molar refractivity (Wildman–Crippen MR) is 93.8 cm³/mol. The third kappa shape index (κ3) is 7.12. The number of anilines is 1. The van der Waals surface area contributed by atoms with Crippen molar-refractivity contribution in [3.63, 3.8) is 0 Å². The van der Waals surface area contributed by atoms with Crippen LogP contribution in [0.15, 0.2) is 10.6 Å². The second-order valence-electron chi connectivity index (χ2n) is 5.82. The van der Waals surface area contributed by atoms with E-state index in [-0.39, 0.29) is 18.4 Å². The van der Waals surface area contributed by atoms with Crippen LogP contribution in [-0.4, -0.2) is 59.5 Å². The van der Waals surface area contributed by atoms with E-state index in [1.807, 2.05) is 6.92 Å². The van der Waals surface area contributed by atoms with Crippen LogP contribution in [0, 0.1) is 6.92 Å². The Labute approximate surface area is 144 Å². The molecule has 7 heteroatoms. The van der Waals surface area contributed by atoms with Crippen LogP contribution in [0.2, 0.25) is 0 Å². The SMILES string of the molecule is CCCCC(=O)N(CCN(CC)CC)CC(=O)Nc1cc(C)on1. The fourth-order valence-corrected chi connectivity index (χ4v) is 2.36. The molecule has 1 aromatic rings. The first-order valence-electron chi connectivity index (χ1n) is 8.73. The van der Waals surface area contributed by atoms with E-state index in [4.69, 9.17) is 4.52 Å². The Bertz CT molecular complexity index is 512. The predicted octanol–water partition coefficient (Wildman–Crippen LogP) is 2.28. The number of amides is 2. The molecule has 0 aromatic carbocycles. The summed E-state index contributed by atoms with van der Waals surface area (Å²) in [6, 6.07) is 1.65. The Hall–Kier alpha value is -1.89. The van der Waals surface area contributed by atoms with E-state index in [1.165, 1.54) is 0 Å². The second-order valence-corrected chi connectivity index (χ2v) is 5.82. The van der Waals surface area contributed by atoms with Gasteiger partial charge in [0.2, 0.25) is 11.8 Å². The number of aromatic nitrogens is 1. The monoisotopic (exact) mass is 338 g/mol. The minimum Gasteiger partial charge on any atom is -0.360 e. The zero-order valence-corrected chi connectivity index (χ0v) is 15.3. The normalized spacial score (nSPS) is 10.9. The molecule has 0 saturated heterocycles. The molecule has 0 saturated carbocycles. The van der Waals surface area contributed by atoms with E-state index in [0.717, 1.165) is 32.5 Å². The molecule has 0 atom stereocenters. The number of carbonyl (C=O) groups is 2. The van der Waals surface area contributed by atoms with Crippen LogP contribution in [0.3, 0.4) is 0 Å². The molecule has 0 bridgehead atoms. The lowest BCUT2D eigenvalue weighted by Crippen LogP contribution is -2.42. The standard InChI is InChI=1S/C17H30N4O3/c1-5-8-9-17(23)21(11-10-20(6-2)7-3)13-16(22)18-15-12-14(4)24-19-15/h12H,5-11,13H2,1-4H3,(H,18,19,22). The smallest absolute Gasteiger partial charge is 0.245 e. The minimum atomic E-state index is -0.257. The summed E-state index contributed by atoms with van der Waals surface area (Å²) >= 11 is 0. The van der Waals surface area contributed by atoms with E-state index in [9.17, 15) is 9.59 Å². The van der Waals surface area contributed by atoms with Crippen molar-refractivity contribution in [2.24, 2.45) is 0 Å². The first-order chi connectivity index (χ1) is 11.5. The molecule has 2 amide bonds. The van der Waals surface area contributed by atoms with Crippen LogP contribution in [0.5, 0.6) is 0 Å². The molecule has 0 aliphatic rings. The van der Waals surface area contributed by atoms with Crippen molar-refractivity contribution in [2.75, 3.05) is 38.0 Å². The van der Waals surface area contributed by atoms with Crippen molar-refractivity contribution in [3.05, 3.63) is 11.8 Å².